The van der Waals surface area contributed by atoms with Gasteiger partial charge >= 0.3 is 0 Å². The zero-order valence-electron chi connectivity index (χ0n) is 18.4. The minimum atomic E-state index is -0.0937. The lowest BCUT2D eigenvalue weighted by molar-refractivity contribution is 0.271. The Kier molecular flexibility index (Phi) is 6.56. The molecule has 1 fully saturated rings. The third-order valence-corrected chi connectivity index (χ3v) is 6.18. The van der Waals surface area contributed by atoms with Crippen molar-refractivity contribution in [1.29, 1.82) is 0 Å². The van der Waals surface area contributed by atoms with Crippen molar-refractivity contribution in [2.75, 3.05) is 23.0 Å². The number of nitrogens with two attached hydrogens (primary N) is 1. The molecule has 0 saturated heterocycles. The van der Waals surface area contributed by atoms with Crippen molar-refractivity contribution in [3.05, 3.63) is 35.7 Å². The summed E-state index contributed by atoms with van der Waals surface area (Å²) in [5.74, 6) is 1.18. The first-order chi connectivity index (χ1) is 15.1. The minimum absolute atomic E-state index is 0.0301. The normalized spacial score (nSPS) is 15.8. The van der Waals surface area contributed by atoms with Gasteiger partial charge in [0.25, 0.3) is 0 Å². The van der Waals surface area contributed by atoms with Crippen LogP contribution < -0.4 is 16.4 Å². The summed E-state index contributed by atoms with van der Waals surface area (Å²) < 4.78 is 2.20. The predicted molar refractivity (Wildman–Crippen MR) is 125 cm³/mol. The number of aryl methyl sites for hydroxylation is 1. The van der Waals surface area contributed by atoms with E-state index in [1.54, 1.807) is 0 Å². The summed E-state index contributed by atoms with van der Waals surface area (Å²) in [6, 6.07) is 6.35. The van der Waals surface area contributed by atoms with Crippen LogP contribution in [0.5, 0.6) is 0 Å². The highest BCUT2D eigenvalue weighted by atomic mass is 16.3. The fourth-order valence-corrected chi connectivity index (χ4v) is 4.26. The number of aromatic nitrogens is 4. The van der Waals surface area contributed by atoms with Crippen LogP contribution in [0.25, 0.3) is 11.2 Å². The molecule has 0 bridgehead atoms. The maximum absolute atomic E-state index is 9.63. The van der Waals surface area contributed by atoms with Gasteiger partial charge in [-0.2, -0.15) is 9.97 Å². The van der Waals surface area contributed by atoms with Crippen LogP contribution in [0.15, 0.2) is 24.5 Å². The molecule has 2 heterocycles. The number of fused-ring (bicyclic) bond motifs is 1. The van der Waals surface area contributed by atoms with Gasteiger partial charge in [-0.25, -0.2) is 4.98 Å². The van der Waals surface area contributed by atoms with Crippen LogP contribution >= 0.6 is 0 Å². The summed E-state index contributed by atoms with van der Waals surface area (Å²) in [5, 5.41) is 16.3. The van der Waals surface area contributed by atoms with Gasteiger partial charge in [-0.3, -0.25) is 0 Å². The van der Waals surface area contributed by atoms with Crippen molar-refractivity contribution in [3.63, 3.8) is 0 Å². The Labute approximate surface area is 183 Å². The number of hydrogen-bond donors (Lipinski definition) is 4. The van der Waals surface area contributed by atoms with Gasteiger partial charge < -0.3 is 26.0 Å². The molecule has 31 heavy (non-hydrogen) atoms. The van der Waals surface area contributed by atoms with E-state index in [1.807, 2.05) is 25.4 Å². The second-order valence-electron chi connectivity index (χ2n) is 8.50. The van der Waals surface area contributed by atoms with E-state index in [4.69, 9.17) is 15.7 Å². The van der Waals surface area contributed by atoms with Gasteiger partial charge in [0.2, 0.25) is 5.95 Å². The first-order valence-electron chi connectivity index (χ1n) is 11.3. The van der Waals surface area contributed by atoms with E-state index >= 15 is 0 Å². The van der Waals surface area contributed by atoms with Crippen LogP contribution in [-0.4, -0.2) is 37.3 Å². The van der Waals surface area contributed by atoms with Crippen LogP contribution in [0.3, 0.4) is 0 Å². The third kappa shape index (κ3) is 4.74. The van der Waals surface area contributed by atoms with Gasteiger partial charge in [0.15, 0.2) is 17.0 Å². The fourth-order valence-electron chi connectivity index (χ4n) is 4.26. The SMILES string of the molecule is CCC(CO)Nc1nc(NCc2cc(C)ccc2N)c2ncn(C3CCCCC3)c2n1. The van der Waals surface area contributed by atoms with Crippen LogP contribution in [-0.2, 0) is 6.54 Å². The molecule has 1 atom stereocenters. The Bertz CT molecular complexity index is 1020. The van der Waals surface area contributed by atoms with Crippen molar-refractivity contribution < 1.29 is 5.11 Å². The van der Waals surface area contributed by atoms with Crippen molar-refractivity contribution in [3.8, 4) is 0 Å². The van der Waals surface area contributed by atoms with Gasteiger partial charge in [0.05, 0.1) is 19.0 Å². The van der Waals surface area contributed by atoms with E-state index in [0.29, 0.717) is 24.4 Å². The molecule has 0 radical (unpaired) electrons. The Morgan fingerprint density at radius 2 is 2.03 bits per heavy atom. The summed E-state index contributed by atoms with van der Waals surface area (Å²) in [5.41, 5.74) is 10.7. The molecule has 166 valence electrons. The lowest BCUT2D eigenvalue weighted by atomic mass is 9.95. The van der Waals surface area contributed by atoms with E-state index in [2.05, 4.69) is 33.2 Å². The molecule has 5 N–H and O–H groups in total. The van der Waals surface area contributed by atoms with Gasteiger partial charge in [-0.05, 0) is 37.8 Å². The van der Waals surface area contributed by atoms with E-state index in [1.165, 1.54) is 19.3 Å². The van der Waals surface area contributed by atoms with Gasteiger partial charge in [0.1, 0.15) is 0 Å². The molecule has 8 heteroatoms. The van der Waals surface area contributed by atoms with E-state index < -0.39 is 0 Å². The Morgan fingerprint density at radius 3 is 2.77 bits per heavy atom. The molecule has 4 rings (SSSR count). The predicted octanol–water partition coefficient (Wildman–Crippen LogP) is 4.02. The number of rotatable bonds is 8. The lowest BCUT2D eigenvalue weighted by Gasteiger charge is -2.23. The second kappa shape index (κ2) is 9.51. The zero-order chi connectivity index (χ0) is 21.8. The van der Waals surface area contributed by atoms with Gasteiger partial charge in [-0.15, -0.1) is 0 Å². The second-order valence-corrected chi connectivity index (χ2v) is 8.50. The largest absolute Gasteiger partial charge is 0.398 e. The molecular formula is C23H33N7O. The van der Waals surface area contributed by atoms with Crippen LogP contribution in [0.1, 0.15) is 62.6 Å². The number of hydrogen-bond acceptors (Lipinski definition) is 7. The standard InChI is InChI=1S/C23H33N7O/c1-3-17(13-31)27-23-28-21(25-12-16-11-15(2)9-10-19(16)24)20-22(29-23)30(14-26-20)18-7-5-4-6-8-18/h9-11,14,17-18,31H,3-8,12-13,24H2,1-2H3,(H2,25,27,28,29). The third-order valence-electron chi connectivity index (χ3n) is 6.18. The Hall–Kier alpha value is -2.87. The first kappa shape index (κ1) is 21.4. The number of aliphatic hydroxyl groups excluding tert-OH is 1. The lowest BCUT2D eigenvalue weighted by Crippen LogP contribution is -2.24. The maximum Gasteiger partial charge on any atom is 0.227 e. The van der Waals surface area contributed by atoms with Gasteiger partial charge in [-0.1, -0.05) is 43.9 Å². The fraction of sp³-hybridized carbons (Fsp3) is 0.522. The number of anilines is 3. The van der Waals surface area contributed by atoms with E-state index in [-0.39, 0.29) is 12.6 Å². The van der Waals surface area contributed by atoms with Crippen LogP contribution in [0.2, 0.25) is 0 Å². The number of nitrogens with zero attached hydrogens (tertiary/aromatic N) is 4. The molecule has 1 saturated carbocycles. The highest BCUT2D eigenvalue weighted by Gasteiger charge is 2.21. The molecule has 2 aromatic heterocycles. The van der Waals surface area contributed by atoms with Crippen LogP contribution in [0.4, 0.5) is 17.5 Å². The first-order valence-corrected chi connectivity index (χ1v) is 11.3. The number of nitrogen functional groups attached to an aromatic ring is 1. The van der Waals surface area contributed by atoms with Crippen molar-refractivity contribution in [2.45, 2.75) is 71.0 Å². The number of aliphatic hydroxyl groups is 1. The van der Waals surface area contributed by atoms with Crippen molar-refractivity contribution in [2.24, 2.45) is 0 Å². The molecule has 0 aliphatic heterocycles. The zero-order valence-corrected chi connectivity index (χ0v) is 18.4. The molecule has 0 amide bonds. The maximum atomic E-state index is 9.63. The highest BCUT2D eigenvalue weighted by molar-refractivity contribution is 5.84. The summed E-state index contributed by atoms with van der Waals surface area (Å²) in [6.07, 6.45) is 8.74. The highest BCUT2D eigenvalue weighted by Crippen LogP contribution is 2.32. The molecule has 8 nitrogen and oxygen atoms in total. The van der Waals surface area contributed by atoms with Gasteiger partial charge in [0, 0.05) is 18.3 Å². The molecule has 1 unspecified atom stereocenters. The molecule has 3 aromatic rings. The Morgan fingerprint density at radius 1 is 1.23 bits per heavy atom. The average molecular weight is 424 g/mol. The molecular weight excluding hydrogens is 390 g/mol. The molecule has 1 aliphatic rings. The average Bonchev–Trinajstić information content (AvgIpc) is 3.22. The van der Waals surface area contributed by atoms with Crippen molar-refractivity contribution in [1.82, 2.24) is 19.5 Å². The van der Waals surface area contributed by atoms with E-state index in [0.717, 1.165) is 47.2 Å². The van der Waals surface area contributed by atoms with E-state index in [9.17, 15) is 5.11 Å². The summed E-state index contributed by atoms with van der Waals surface area (Å²) in [4.78, 5) is 14.2. The molecule has 0 spiro atoms. The number of benzene rings is 1. The summed E-state index contributed by atoms with van der Waals surface area (Å²) >= 11 is 0. The smallest absolute Gasteiger partial charge is 0.227 e. The topological polar surface area (TPSA) is 114 Å². The quantitative estimate of drug-likeness (QED) is 0.405. The number of imidazole rings is 1. The molecule has 1 aliphatic carbocycles. The monoisotopic (exact) mass is 423 g/mol. The molecule has 1 aromatic carbocycles. The summed E-state index contributed by atoms with van der Waals surface area (Å²) in [7, 11) is 0. The van der Waals surface area contributed by atoms with Crippen molar-refractivity contribution >= 4 is 28.6 Å². The Balaban J connectivity index is 1.69. The minimum Gasteiger partial charge on any atom is -0.398 e. The summed E-state index contributed by atoms with van der Waals surface area (Å²) in [6.45, 7) is 4.66. The van der Waals surface area contributed by atoms with Crippen LogP contribution in [0, 0.1) is 6.92 Å². The number of nitrogens with one attached hydrogen (secondary N) is 2.